The van der Waals surface area contributed by atoms with Gasteiger partial charge in [0.2, 0.25) is 0 Å². The van der Waals surface area contributed by atoms with Gasteiger partial charge in [0.15, 0.2) is 0 Å². The Morgan fingerprint density at radius 1 is 1.17 bits per heavy atom. The van der Waals surface area contributed by atoms with Crippen LogP contribution in [0.5, 0.6) is 0 Å². The molecule has 0 aliphatic carbocycles. The van der Waals surface area contributed by atoms with Crippen LogP contribution in [0.4, 0.5) is 0 Å². The van der Waals surface area contributed by atoms with E-state index in [2.05, 4.69) is 11.3 Å². The van der Waals surface area contributed by atoms with E-state index in [-0.39, 0.29) is 11.1 Å². The number of hydrogen-bond acceptors (Lipinski definition) is 4. The van der Waals surface area contributed by atoms with Crippen LogP contribution >= 0.6 is 0 Å². The highest BCUT2D eigenvalue weighted by Gasteiger charge is 2.21. The maximum atomic E-state index is 11.8. The van der Waals surface area contributed by atoms with Crippen LogP contribution in [0.25, 0.3) is 0 Å². The van der Waals surface area contributed by atoms with Gasteiger partial charge in [0.05, 0.1) is 25.3 Å². The van der Waals surface area contributed by atoms with Crippen LogP contribution in [0.2, 0.25) is 0 Å². The minimum Gasteiger partial charge on any atom is -0.465 e. The molecule has 0 aliphatic rings. The van der Waals surface area contributed by atoms with Crippen LogP contribution in [-0.2, 0) is 15.9 Å². The Morgan fingerprint density at radius 3 is 2.28 bits per heavy atom. The van der Waals surface area contributed by atoms with E-state index in [0.29, 0.717) is 12.0 Å². The Morgan fingerprint density at radius 2 is 1.78 bits per heavy atom. The molecule has 0 unspecified atom stereocenters. The lowest BCUT2D eigenvalue weighted by Crippen LogP contribution is -2.14. The Balaban J connectivity index is 3.39. The van der Waals surface area contributed by atoms with Crippen molar-refractivity contribution in [3.8, 4) is 0 Å². The third kappa shape index (κ3) is 2.97. The molecule has 0 radical (unpaired) electrons. The average Bonchev–Trinajstić information content (AvgIpc) is 2.36. The fourth-order valence-electron chi connectivity index (χ4n) is 1.70. The number of rotatable bonds is 4. The summed E-state index contributed by atoms with van der Waals surface area (Å²) in [5, 5.41) is 0. The smallest absolute Gasteiger partial charge is 0.339 e. The predicted molar refractivity (Wildman–Crippen MR) is 67.6 cm³/mol. The fraction of sp³-hybridized carbons (Fsp3) is 0.286. The topological polar surface area (TPSA) is 52.6 Å². The van der Waals surface area contributed by atoms with E-state index in [4.69, 9.17) is 4.74 Å². The van der Waals surface area contributed by atoms with Crippen LogP contribution in [0.1, 0.15) is 33.2 Å². The normalized spacial score (nSPS) is 9.72. The van der Waals surface area contributed by atoms with Crippen molar-refractivity contribution in [1.82, 2.24) is 0 Å². The molecule has 0 bridgehead atoms. The van der Waals surface area contributed by atoms with Gasteiger partial charge in [-0.25, -0.2) is 9.59 Å². The number of carbonyl (C=O) groups is 2. The Kier molecular flexibility index (Phi) is 4.66. The molecule has 96 valence electrons. The maximum Gasteiger partial charge on any atom is 0.339 e. The molecule has 0 amide bonds. The van der Waals surface area contributed by atoms with Crippen molar-refractivity contribution in [2.75, 3.05) is 14.2 Å². The summed E-state index contributed by atoms with van der Waals surface area (Å²) < 4.78 is 9.38. The molecular weight excluding hydrogens is 232 g/mol. The van der Waals surface area contributed by atoms with E-state index in [0.717, 1.165) is 5.57 Å². The first-order chi connectivity index (χ1) is 8.51. The number of allylic oxidation sites excluding steroid dienone is 1. The van der Waals surface area contributed by atoms with E-state index < -0.39 is 11.9 Å². The fourth-order valence-corrected chi connectivity index (χ4v) is 1.70. The lowest BCUT2D eigenvalue weighted by atomic mass is 9.96. The highest BCUT2D eigenvalue weighted by molar-refractivity contribution is 6.04. The minimum atomic E-state index is -0.557. The van der Waals surface area contributed by atoms with Crippen molar-refractivity contribution in [3.05, 3.63) is 47.0 Å². The summed E-state index contributed by atoms with van der Waals surface area (Å²) in [6.45, 7) is 5.66. The first kappa shape index (κ1) is 14.0. The quantitative estimate of drug-likeness (QED) is 0.606. The summed E-state index contributed by atoms with van der Waals surface area (Å²) >= 11 is 0. The maximum absolute atomic E-state index is 11.8. The van der Waals surface area contributed by atoms with E-state index in [1.807, 2.05) is 6.92 Å². The molecule has 4 nitrogen and oxygen atoms in total. The van der Waals surface area contributed by atoms with Crippen LogP contribution in [0, 0.1) is 0 Å². The van der Waals surface area contributed by atoms with Gasteiger partial charge in [0.1, 0.15) is 0 Å². The SMILES string of the molecule is C=C(C)Cc1cccc(C(=O)OC)c1C(=O)OC. The van der Waals surface area contributed by atoms with Crippen molar-refractivity contribution in [1.29, 1.82) is 0 Å². The van der Waals surface area contributed by atoms with Crippen LogP contribution in [0.15, 0.2) is 30.4 Å². The minimum absolute atomic E-state index is 0.211. The number of carbonyl (C=O) groups excluding carboxylic acids is 2. The zero-order valence-electron chi connectivity index (χ0n) is 10.8. The lowest BCUT2D eigenvalue weighted by Gasteiger charge is -2.11. The molecule has 0 saturated heterocycles. The lowest BCUT2D eigenvalue weighted by molar-refractivity contribution is 0.0554. The molecule has 0 atom stereocenters. The van der Waals surface area contributed by atoms with Gasteiger partial charge in [-0.3, -0.25) is 0 Å². The largest absolute Gasteiger partial charge is 0.465 e. The summed E-state index contributed by atoms with van der Waals surface area (Å²) in [7, 11) is 2.55. The summed E-state index contributed by atoms with van der Waals surface area (Å²) in [4.78, 5) is 23.4. The predicted octanol–water partition coefficient (Wildman–Crippen LogP) is 2.38. The second-order valence-corrected chi connectivity index (χ2v) is 3.96. The third-order valence-corrected chi connectivity index (χ3v) is 2.44. The molecule has 0 fully saturated rings. The first-order valence-corrected chi connectivity index (χ1v) is 5.44. The highest BCUT2D eigenvalue weighted by atomic mass is 16.5. The van der Waals surface area contributed by atoms with Crippen LogP contribution in [0.3, 0.4) is 0 Å². The summed E-state index contributed by atoms with van der Waals surface area (Å²) in [5.74, 6) is -1.11. The molecule has 1 aromatic carbocycles. The molecule has 0 aliphatic heterocycles. The van der Waals surface area contributed by atoms with Gasteiger partial charge in [-0.05, 0) is 25.0 Å². The molecule has 0 spiro atoms. The van der Waals surface area contributed by atoms with Gasteiger partial charge >= 0.3 is 11.9 Å². The van der Waals surface area contributed by atoms with Crippen molar-refractivity contribution >= 4 is 11.9 Å². The van der Waals surface area contributed by atoms with E-state index in [1.165, 1.54) is 14.2 Å². The standard InChI is InChI=1S/C14H16O4/c1-9(2)8-10-6-5-7-11(13(15)17-3)12(10)14(16)18-4/h5-7H,1,8H2,2-4H3. The zero-order valence-corrected chi connectivity index (χ0v) is 10.8. The van der Waals surface area contributed by atoms with E-state index in [1.54, 1.807) is 18.2 Å². The molecule has 18 heavy (non-hydrogen) atoms. The van der Waals surface area contributed by atoms with Crippen molar-refractivity contribution < 1.29 is 19.1 Å². The van der Waals surface area contributed by atoms with Gasteiger partial charge < -0.3 is 9.47 Å². The van der Waals surface area contributed by atoms with Gasteiger partial charge in [0.25, 0.3) is 0 Å². The van der Waals surface area contributed by atoms with Crippen molar-refractivity contribution in [2.24, 2.45) is 0 Å². The number of methoxy groups -OCH3 is 2. The zero-order chi connectivity index (χ0) is 13.7. The van der Waals surface area contributed by atoms with E-state index >= 15 is 0 Å². The summed E-state index contributed by atoms with van der Waals surface area (Å²) in [5.41, 5.74) is 2.05. The van der Waals surface area contributed by atoms with Crippen LogP contribution < -0.4 is 0 Å². The second-order valence-electron chi connectivity index (χ2n) is 3.96. The van der Waals surface area contributed by atoms with Gasteiger partial charge in [-0.15, -0.1) is 0 Å². The molecule has 0 saturated carbocycles. The number of hydrogen-bond donors (Lipinski definition) is 0. The monoisotopic (exact) mass is 248 g/mol. The number of ether oxygens (including phenoxy) is 2. The Hall–Kier alpha value is -2.10. The summed E-state index contributed by atoms with van der Waals surface area (Å²) in [6.07, 6.45) is 0.509. The first-order valence-electron chi connectivity index (χ1n) is 5.44. The van der Waals surface area contributed by atoms with Crippen molar-refractivity contribution in [2.45, 2.75) is 13.3 Å². The third-order valence-electron chi connectivity index (χ3n) is 2.44. The van der Waals surface area contributed by atoms with E-state index in [9.17, 15) is 9.59 Å². The van der Waals surface area contributed by atoms with Crippen LogP contribution in [-0.4, -0.2) is 26.2 Å². The van der Waals surface area contributed by atoms with Gasteiger partial charge in [-0.2, -0.15) is 0 Å². The Labute approximate surface area is 106 Å². The molecule has 0 aromatic heterocycles. The molecule has 4 heteroatoms. The molecule has 1 rings (SSSR count). The molecular formula is C14H16O4. The molecule has 0 heterocycles. The van der Waals surface area contributed by atoms with Gasteiger partial charge in [-0.1, -0.05) is 24.3 Å². The number of benzene rings is 1. The highest BCUT2D eigenvalue weighted by Crippen LogP contribution is 2.19. The Bertz CT molecular complexity index is 489. The average molecular weight is 248 g/mol. The summed E-state index contributed by atoms with van der Waals surface area (Å²) in [6, 6.07) is 5.02. The molecule has 0 N–H and O–H groups in total. The van der Waals surface area contributed by atoms with Gasteiger partial charge in [0, 0.05) is 0 Å². The number of esters is 2. The second kappa shape index (κ2) is 6.00. The van der Waals surface area contributed by atoms with Crippen molar-refractivity contribution in [3.63, 3.8) is 0 Å². The molecule has 1 aromatic rings.